The summed E-state index contributed by atoms with van der Waals surface area (Å²) in [7, 11) is -2.24. The summed E-state index contributed by atoms with van der Waals surface area (Å²) in [4.78, 5) is 9.60. The van der Waals surface area contributed by atoms with Gasteiger partial charge in [0.2, 0.25) is 10.0 Å². The van der Waals surface area contributed by atoms with Gasteiger partial charge < -0.3 is 4.74 Å². The first-order valence-corrected chi connectivity index (χ1v) is 10.2. The lowest BCUT2D eigenvalue weighted by Gasteiger charge is -2.11. The average Bonchev–Trinajstić information content (AvgIpc) is 3.01. The molecule has 0 radical (unpaired) electrons. The Morgan fingerprint density at radius 3 is 2.73 bits per heavy atom. The molecule has 2 aromatic heterocycles. The number of benzene rings is 1. The van der Waals surface area contributed by atoms with Crippen LogP contribution in [0, 0.1) is 13.8 Å². The number of aryl methyl sites for hydroxylation is 2. The Kier molecular flexibility index (Phi) is 5.36. The van der Waals surface area contributed by atoms with Crippen molar-refractivity contribution in [2.75, 3.05) is 7.11 Å². The summed E-state index contributed by atoms with van der Waals surface area (Å²) in [5.74, 6) is 0.328. The van der Waals surface area contributed by atoms with Gasteiger partial charge in [-0.05, 0) is 43.7 Å². The van der Waals surface area contributed by atoms with Crippen LogP contribution in [0.3, 0.4) is 0 Å². The maximum atomic E-state index is 12.7. The Bertz CT molecular complexity index is 1020. The quantitative estimate of drug-likeness (QED) is 0.699. The van der Waals surface area contributed by atoms with Crippen molar-refractivity contribution in [2.24, 2.45) is 0 Å². The van der Waals surface area contributed by atoms with Crippen molar-refractivity contribution in [3.05, 3.63) is 58.9 Å². The van der Waals surface area contributed by atoms with Gasteiger partial charge in [-0.15, -0.1) is 11.3 Å². The van der Waals surface area contributed by atoms with Crippen LogP contribution >= 0.6 is 11.3 Å². The maximum absolute atomic E-state index is 12.7. The first kappa shape index (κ1) is 18.5. The minimum atomic E-state index is -3.70. The van der Waals surface area contributed by atoms with E-state index in [0.29, 0.717) is 5.75 Å². The van der Waals surface area contributed by atoms with E-state index < -0.39 is 10.0 Å². The van der Waals surface area contributed by atoms with Gasteiger partial charge >= 0.3 is 0 Å². The van der Waals surface area contributed by atoms with E-state index in [1.807, 2.05) is 26.0 Å². The molecule has 2 heterocycles. The van der Waals surface area contributed by atoms with Crippen LogP contribution in [0.2, 0.25) is 0 Å². The third kappa shape index (κ3) is 3.92. The van der Waals surface area contributed by atoms with E-state index in [1.165, 1.54) is 18.4 Å². The summed E-state index contributed by atoms with van der Waals surface area (Å²) in [5, 5.41) is 0.817. The number of rotatable bonds is 6. The fourth-order valence-electron chi connectivity index (χ4n) is 2.44. The molecule has 0 aliphatic heterocycles. The van der Waals surface area contributed by atoms with Crippen molar-refractivity contribution in [1.82, 2.24) is 14.7 Å². The number of aromatic nitrogens is 2. The number of pyridine rings is 1. The predicted molar refractivity (Wildman–Crippen MR) is 102 cm³/mol. The molecule has 0 aliphatic rings. The number of nitrogens with one attached hydrogen (secondary N) is 1. The second-order valence-corrected chi connectivity index (χ2v) is 8.57. The minimum absolute atomic E-state index is 0.125. The Morgan fingerprint density at radius 1 is 1.23 bits per heavy atom. The summed E-state index contributed by atoms with van der Waals surface area (Å²) >= 11 is 1.45. The van der Waals surface area contributed by atoms with Crippen molar-refractivity contribution in [2.45, 2.75) is 25.3 Å². The monoisotopic (exact) mass is 389 g/mol. The minimum Gasteiger partial charge on any atom is -0.495 e. The van der Waals surface area contributed by atoms with E-state index in [2.05, 4.69) is 14.7 Å². The molecule has 0 unspecified atom stereocenters. The van der Waals surface area contributed by atoms with E-state index in [0.717, 1.165) is 26.7 Å². The highest BCUT2D eigenvalue weighted by Crippen LogP contribution is 2.28. The number of thiazole rings is 1. The highest BCUT2D eigenvalue weighted by Gasteiger charge is 2.20. The summed E-state index contributed by atoms with van der Waals surface area (Å²) < 4.78 is 33.2. The molecule has 0 aliphatic carbocycles. The van der Waals surface area contributed by atoms with Crippen LogP contribution < -0.4 is 9.46 Å². The predicted octanol–water partition coefficient (Wildman–Crippen LogP) is 3.31. The summed E-state index contributed by atoms with van der Waals surface area (Å²) in [5.41, 5.74) is 2.64. The normalized spacial score (nSPS) is 11.5. The molecule has 136 valence electrons. The fraction of sp³-hybridized carbons (Fsp3) is 0.222. The molecule has 8 heteroatoms. The number of nitrogens with zero attached hydrogens (tertiary/aromatic N) is 2. The standard InChI is InChI=1S/C18H19N3O3S2/c1-12-6-7-17(15(9-12)24-3)26(22,23)20-11-16-13(2)21-18(25-16)14-5-4-8-19-10-14/h4-10,20H,11H2,1-3H3. The number of hydrogen-bond donors (Lipinski definition) is 1. The van der Waals surface area contributed by atoms with Gasteiger partial charge in [-0.25, -0.2) is 18.1 Å². The topological polar surface area (TPSA) is 81.2 Å². The van der Waals surface area contributed by atoms with Crippen LogP contribution in [-0.2, 0) is 16.6 Å². The molecule has 0 spiro atoms. The van der Waals surface area contributed by atoms with Crippen molar-refractivity contribution in [3.8, 4) is 16.3 Å². The van der Waals surface area contributed by atoms with Crippen LogP contribution in [-0.4, -0.2) is 25.5 Å². The maximum Gasteiger partial charge on any atom is 0.244 e. The zero-order valence-corrected chi connectivity index (χ0v) is 16.3. The first-order chi connectivity index (χ1) is 12.4. The van der Waals surface area contributed by atoms with Gasteiger partial charge in [0.05, 0.1) is 12.8 Å². The third-order valence-corrected chi connectivity index (χ3v) is 6.48. The molecule has 6 nitrogen and oxygen atoms in total. The Labute approximate surface area is 157 Å². The number of hydrogen-bond acceptors (Lipinski definition) is 6. The molecule has 1 N–H and O–H groups in total. The van der Waals surface area contributed by atoms with Gasteiger partial charge in [-0.2, -0.15) is 0 Å². The Balaban J connectivity index is 1.82. The van der Waals surface area contributed by atoms with Gasteiger partial charge in [0.1, 0.15) is 15.7 Å². The number of sulfonamides is 1. The van der Waals surface area contributed by atoms with Crippen molar-refractivity contribution >= 4 is 21.4 Å². The van der Waals surface area contributed by atoms with Crippen molar-refractivity contribution < 1.29 is 13.2 Å². The van der Waals surface area contributed by atoms with Crippen LogP contribution in [0.25, 0.3) is 10.6 Å². The number of ether oxygens (including phenoxy) is 1. The summed E-state index contributed by atoms with van der Waals surface area (Å²) in [6.45, 7) is 3.92. The fourth-order valence-corrected chi connectivity index (χ4v) is 4.67. The molecule has 0 bridgehead atoms. The molecule has 0 saturated carbocycles. The van der Waals surface area contributed by atoms with Gasteiger partial charge in [-0.3, -0.25) is 4.98 Å². The van der Waals surface area contributed by atoms with Gasteiger partial charge in [0.25, 0.3) is 0 Å². The zero-order chi connectivity index (χ0) is 18.7. The number of methoxy groups -OCH3 is 1. The Hall–Kier alpha value is -2.29. The molecule has 1 aromatic carbocycles. The van der Waals surface area contributed by atoms with Crippen LogP contribution in [0.4, 0.5) is 0 Å². The van der Waals surface area contributed by atoms with E-state index in [9.17, 15) is 8.42 Å². The first-order valence-electron chi connectivity index (χ1n) is 7.91. The molecule has 0 fully saturated rings. The van der Waals surface area contributed by atoms with Crippen LogP contribution in [0.15, 0.2) is 47.6 Å². The van der Waals surface area contributed by atoms with Crippen LogP contribution in [0.5, 0.6) is 5.75 Å². The molecular formula is C18H19N3O3S2. The molecule has 0 saturated heterocycles. The van der Waals surface area contributed by atoms with Crippen LogP contribution in [0.1, 0.15) is 16.1 Å². The smallest absolute Gasteiger partial charge is 0.244 e. The highest BCUT2D eigenvalue weighted by atomic mass is 32.2. The van der Waals surface area contributed by atoms with Gasteiger partial charge in [0, 0.05) is 29.4 Å². The molecule has 3 aromatic rings. The van der Waals surface area contributed by atoms with Crippen molar-refractivity contribution in [3.63, 3.8) is 0 Å². The second kappa shape index (κ2) is 7.53. The van der Waals surface area contributed by atoms with Crippen molar-refractivity contribution in [1.29, 1.82) is 0 Å². The largest absolute Gasteiger partial charge is 0.495 e. The van der Waals surface area contributed by atoms with Gasteiger partial charge in [-0.1, -0.05) is 6.07 Å². The molecular weight excluding hydrogens is 370 g/mol. The molecule has 0 amide bonds. The summed E-state index contributed by atoms with van der Waals surface area (Å²) in [6.07, 6.45) is 3.44. The third-order valence-electron chi connectivity index (χ3n) is 3.83. The average molecular weight is 390 g/mol. The molecule has 26 heavy (non-hydrogen) atoms. The second-order valence-electron chi connectivity index (χ2n) is 5.75. The van der Waals surface area contributed by atoms with Gasteiger partial charge in [0.15, 0.2) is 0 Å². The Morgan fingerprint density at radius 2 is 2.04 bits per heavy atom. The van der Waals surface area contributed by atoms with E-state index in [-0.39, 0.29) is 11.4 Å². The molecule has 3 rings (SSSR count). The lowest BCUT2D eigenvalue weighted by Crippen LogP contribution is -2.23. The summed E-state index contributed by atoms with van der Waals surface area (Å²) in [6, 6.07) is 8.77. The van der Waals surface area contributed by atoms with E-state index >= 15 is 0 Å². The lowest BCUT2D eigenvalue weighted by atomic mass is 10.2. The molecule has 0 atom stereocenters. The zero-order valence-electron chi connectivity index (χ0n) is 14.7. The lowest BCUT2D eigenvalue weighted by molar-refractivity contribution is 0.402. The highest BCUT2D eigenvalue weighted by molar-refractivity contribution is 7.89. The SMILES string of the molecule is COc1cc(C)ccc1S(=O)(=O)NCc1sc(-c2cccnc2)nc1C. The van der Waals surface area contributed by atoms with E-state index in [1.54, 1.807) is 30.6 Å². The van der Waals surface area contributed by atoms with E-state index in [4.69, 9.17) is 4.74 Å².